The number of allylic oxidation sites excluding steroid dienone is 12. The Bertz CT molecular complexity index is 1850. The second-order valence-electron chi connectivity index (χ2n) is 18.1. The molecule has 2 bridgehead atoms. The van der Waals surface area contributed by atoms with Gasteiger partial charge in [0, 0.05) is 25.2 Å². The third kappa shape index (κ3) is 29.8. The molecule has 20 nitrogen and oxygen atoms in total. The fourth-order valence-corrected chi connectivity index (χ4v) is 9.23. The summed E-state index contributed by atoms with van der Waals surface area (Å²) in [6, 6.07) is 0. The fourth-order valence-electron chi connectivity index (χ4n) is 7.70. The smallest absolute Gasteiger partial charge is 0.462 e. The Balaban J connectivity index is 2.27. The van der Waals surface area contributed by atoms with E-state index in [1.54, 1.807) is 12.2 Å². The Morgan fingerprint density at radius 1 is 0.822 bits per heavy atom. The number of rotatable bonds is 25. The first-order chi connectivity index (χ1) is 34.8. The molecule has 13 atom stereocenters. The summed E-state index contributed by atoms with van der Waals surface area (Å²) in [6.07, 6.45) is 12.1. The topological polar surface area (TPSA) is 326 Å². The number of carbonyl (C=O) groups is 2. The first kappa shape index (κ1) is 66.1. The zero-order chi connectivity index (χ0) is 54.1. The summed E-state index contributed by atoms with van der Waals surface area (Å²) in [5.74, 6) is -2.97. The predicted molar refractivity (Wildman–Crippen MR) is 272 cm³/mol. The van der Waals surface area contributed by atoms with Crippen LogP contribution in [-0.4, -0.2) is 143 Å². The first-order valence-corrected chi connectivity index (χ1v) is 28.6. The molecule has 418 valence electrons. The molecular formula is C51H84O20P2. The van der Waals surface area contributed by atoms with Crippen LogP contribution in [0.5, 0.6) is 0 Å². The molecule has 0 spiro atoms. The van der Waals surface area contributed by atoms with Gasteiger partial charge in [0.15, 0.2) is 12.4 Å². The van der Waals surface area contributed by atoms with E-state index >= 15 is 0 Å². The average Bonchev–Trinajstić information content (AvgIpc) is 3.33. The summed E-state index contributed by atoms with van der Waals surface area (Å²) in [4.78, 5) is 56.7. The monoisotopic (exact) mass is 1080 g/mol. The standard InChI is InChI=1S/C51H84O20P2/c1-3-5-7-8-9-10-11-12-13-14-15-16-17-18-19-20-21-22-27-31-43(54)66-36-39-37-67-73(64,65)71-51-49(60)48(59)46(57)40(30-26-23-24-28-32-44(55)68-39)41(53)35-45(56)69-42(34-33-38(52)29-25-6-4-2)47(58)50(51)70-72(61,62)63/h9-10,12-13,15-16,18-19,21-23,26,33-34,38-42,45-53,56-60H,3-8,11,14,17,20,24-25,27-32,35-37H2,1-2H3,(H,64,65)(H2,61,62,63)/b10-9-,13-12-,16-15-,19-18-,22-21-,26-23-,34-33?/t38-,39+,40-,41-,42+,45?,46+,47+,48-,49+,50+,51-/m0/s1. The summed E-state index contributed by atoms with van der Waals surface area (Å²) in [7, 11) is -11.5. The maximum atomic E-state index is 13.8. The van der Waals surface area contributed by atoms with Crippen molar-refractivity contribution >= 4 is 27.6 Å². The van der Waals surface area contributed by atoms with Crippen molar-refractivity contribution in [1.82, 2.24) is 0 Å². The van der Waals surface area contributed by atoms with Gasteiger partial charge in [0.2, 0.25) is 0 Å². The van der Waals surface area contributed by atoms with E-state index < -0.39 is 120 Å². The molecule has 2 aliphatic rings. The molecule has 0 aromatic rings. The van der Waals surface area contributed by atoms with Crippen molar-refractivity contribution in [2.45, 2.75) is 203 Å². The molecule has 2 unspecified atom stereocenters. The molecule has 0 radical (unpaired) electrons. The maximum Gasteiger partial charge on any atom is 0.472 e. The summed E-state index contributed by atoms with van der Waals surface area (Å²) in [5, 5.41) is 78.9. The van der Waals surface area contributed by atoms with Crippen LogP contribution in [0.2, 0.25) is 0 Å². The minimum absolute atomic E-state index is 0.0791. The van der Waals surface area contributed by atoms with Crippen LogP contribution in [0.25, 0.3) is 0 Å². The van der Waals surface area contributed by atoms with E-state index in [0.29, 0.717) is 19.3 Å². The van der Waals surface area contributed by atoms with Gasteiger partial charge >= 0.3 is 27.6 Å². The van der Waals surface area contributed by atoms with Gasteiger partial charge in [-0.3, -0.25) is 23.2 Å². The highest BCUT2D eigenvalue weighted by Crippen LogP contribution is 2.49. The molecular weight excluding hydrogens is 994 g/mol. The maximum absolute atomic E-state index is 13.8. The molecule has 2 aliphatic heterocycles. The lowest BCUT2D eigenvalue weighted by molar-refractivity contribution is -0.210. The normalized spacial score (nSPS) is 31.1. The van der Waals surface area contributed by atoms with Crippen molar-refractivity contribution < 1.29 is 96.9 Å². The van der Waals surface area contributed by atoms with Gasteiger partial charge in [-0.2, -0.15) is 0 Å². The lowest BCUT2D eigenvalue weighted by Crippen LogP contribution is -2.58. The second kappa shape index (κ2) is 37.7. The van der Waals surface area contributed by atoms with Crippen LogP contribution in [0, 0.1) is 5.92 Å². The van der Waals surface area contributed by atoms with Crippen molar-refractivity contribution in [3.8, 4) is 0 Å². The zero-order valence-electron chi connectivity index (χ0n) is 42.3. The molecule has 0 aromatic carbocycles. The molecule has 22 heteroatoms. The van der Waals surface area contributed by atoms with Crippen LogP contribution in [-0.2, 0) is 46.5 Å². The van der Waals surface area contributed by atoms with Gasteiger partial charge in [0.1, 0.15) is 43.2 Å². The minimum atomic E-state index is -5.81. The van der Waals surface area contributed by atoms with Crippen molar-refractivity contribution in [1.29, 1.82) is 0 Å². The highest BCUT2D eigenvalue weighted by atomic mass is 31.2. The van der Waals surface area contributed by atoms with E-state index in [4.69, 9.17) is 27.8 Å². The Hall–Kier alpha value is -2.98. The molecule has 2 rings (SSSR count). The molecule has 73 heavy (non-hydrogen) atoms. The predicted octanol–water partition coefficient (Wildman–Crippen LogP) is 6.28. The third-order valence-corrected chi connectivity index (χ3v) is 13.3. The molecule has 10 N–H and O–H groups in total. The van der Waals surface area contributed by atoms with Gasteiger partial charge in [0.25, 0.3) is 0 Å². The zero-order valence-corrected chi connectivity index (χ0v) is 44.1. The lowest BCUT2D eigenvalue weighted by atomic mass is 9.83. The summed E-state index contributed by atoms with van der Waals surface area (Å²) in [5.41, 5.74) is 0. The number of esters is 2. The molecule has 1 saturated heterocycles. The number of ether oxygens (including phenoxy) is 3. The number of cyclic esters (lactones) is 1. The summed E-state index contributed by atoms with van der Waals surface area (Å²) in [6.45, 7) is 2.44. The van der Waals surface area contributed by atoms with E-state index in [1.165, 1.54) is 25.3 Å². The van der Waals surface area contributed by atoms with Gasteiger partial charge in [-0.1, -0.05) is 131 Å². The fraction of sp³-hybridized carbons (Fsp3) is 0.686. The third-order valence-electron chi connectivity index (χ3n) is 11.8. The molecule has 2 heterocycles. The number of phosphoric ester groups is 2. The number of aliphatic hydroxyl groups excluding tert-OH is 7. The van der Waals surface area contributed by atoms with Crippen LogP contribution in [0.1, 0.15) is 136 Å². The number of fused-ring (bicyclic) bond motifs is 4. The van der Waals surface area contributed by atoms with E-state index in [2.05, 4.69) is 43.4 Å². The molecule has 0 amide bonds. The molecule has 0 aliphatic carbocycles. The molecule has 0 saturated carbocycles. The summed E-state index contributed by atoms with van der Waals surface area (Å²) >= 11 is 0. The van der Waals surface area contributed by atoms with Crippen molar-refractivity contribution in [3.63, 3.8) is 0 Å². The molecule has 0 aromatic heterocycles. The van der Waals surface area contributed by atoms with Crippen LogP contribution >= 0.6 is 15.6 Å². The van der Waals surface area contributed by atoms with Gasteiger partial charge in [-0.15, -0.1) is 0 Å². The second-order valence-corrected chi connectivity index (χ2v) is 20.7. The van der Waals surface area contributed by atoms with E-state index in [1.807, 2.05) is 25.2 Å². The van der Waals surface area contributed by atoms with Gasteiger partial charge in [-0.05, 0) is 70.6 Å². The number of hydrogen-bond acceptors (Lipinski definition) is 17. The van der Waals surface area contributed by atoms with E-state index in [9.17, 15) is 69.1 Å². The van der Waals surface area contributed by atoms with Gasteiger partial charge < -0.3 is 64.6 Å². The Kier molecular flexibility index (Phi) is 34.2. The van der Waals surface area contributed by atoms with Crippen LogP contribution in [0.15, 0.2) is 85.1 Å². The quantitative estimate of drug-likeness (QED) is 0.0208. The number of unbranched alkanes of at least 4 members (excludes halogenated alkanes) is 5. The highest BCUT2D eigenvalue weighted by Gasteiger charge is 2.50. The van der Waals surface area contributed by atoms with Crippen LogP contribution in [0.3, 0.4) is 0 Å². The average molecular weight is 1080 g/mol. The number of phosphoric acid groups is 2. The largest absolute Gasteiger partial charge is 0.472 e. The number of carbonyl (C=O) groups excluding carboxylic acids is 2. The molecule has 1 fully saturated rings. The Labute approximate surface area is 430 Å². The lowest BCUT2D eigenvalue weighted by Gasteiger charge is -2.41. The highest BCUT2D eigenvalue weighted by molar-refractivity contribution is 7.47. The number of hydrogen-bond donors (Lipinski definition) is 10. The Morgan fingerprint density at radius 2 is 1.42 bits per heavy atom. The van der Waals surface area contributed by atoms with Crippen LogP contribution < -0.4 is 0 Å². The van der Waals surface area contributed by atoms with Crippen molar-refractivity contribution in [3.05, 3.63) is 85.1 Å². The Morgan fingerprint density at radius 3 is 2.04 bits per heavy atom. The first-order valence-electron chi connectivity index (χ1n) is 25.5. The minimum Gasteiger partial charge on any atom is -0.462 e. The SMILES string of the molecule is CCCCC/C=C\C/C=C\C/C=C\C/C=C\C/C=C\CCC(=O)OC[C@@H]1COP(=O)(O)O[C@H]2[C@H](O)[C@@H](O)[C@H](O)[C@@H](C/C=C\CCCC(=O)O1)[C@@H](O)CC(O)O[C@H](C=C[C@@H](O)CCCCC)[C@@H](O)[C@H]2OP(=O)(O)O. The van der Waals surface area contributed by atoms with Gasteiger partial charge in [-0.25, -0.2) is 9.13 Å². The van der Waals surface area contributed by atoms with E-state index in [-0.39, 0.29) is 38.5 Å². The van der Waals surface area contributed by atoms with Crippen LogP contribution in [0.4, 0.5) is 0 Å². The van der Waals surface area contributed by atoms with Crippen molar-refractivity contribution in [2.24, 2.45) is 5.92 Å². The van der Waals surface area contributed by atoms with E-state index in [0.717, 1.165) is 50.7 Å². The van der Waals surface area contributed by atoms with Crippen molar-refractivity contribution in [2.75, 3.05) is 13.2 Å². The number of aliphatic hydroxyl groups is 7. The van der Waals surface area contributed by atoms with Gasteiger partial charge in [0.05, 0.1) is 24.9 Å². The summed E-state index contributed by atoms with van der Waals surface area (Å²) < 4.78 is 57.7.